The number of hydrogen-bond acceptors (Lipinski definition) is 5. The molecule has 0 amide bonds. The molecule has 3 N–H and O–H groups in total. The van der Waals surface area contributed by atoms with Crippen LogP contribution in [0.5, 0.6) is 0 Å². The van der Waals surface area contributed by atoms with Gasteiger partial charge in [0.1, 0.15) is 0 Å². The maximum absolute atomic E-state index is 11.2. The Morgan fingerprint density at radius 1 is 1.43 bits per heavy atom. The van der Waals surface area contributed by atoms with E-state index in [1.54, 1.807) is 13.8 Å². The van der Waals surface area contributed by atoms with Gasteiger partial charge in [-0.2, -0.15) is 0 Å². The van der Waals surface area contributed by atoms with Crippen molar-refractivity contribution in [3.8, 4) is 0 Å². The van der Waals surface area contributed by atoms with Crippen LogP contribution < -0.4 is 5.32 Å². The van der Waals surface area contributed by atoms with Gasteiger partial charge in [0.25, 0.3) is 0 Å². The van der Waals surface area contributed by atoms with Crippen molar-refractivity contribution in [1.82, 2.24) is 5.32 Å². The lowest BCUT2D eigenvalue weighted by molar-refractivity contribution is 0.0941. The molecular weight excluding hydrogens is 206 g/mol. The second-order valence-corrected chi connectivity index (χ2v) is 6.65. The van der Waals surface area contributed by atoms with Crippen LogP contribution in [0.1, 0.15) is 13.8 Å². The zero-order chi connectivity index (χ0) is 11.4. The Bertz CT molecular complexity index is 261. The van der Waals surface area contributed by atoms with Crippen molar-refractivity contribution in [2.75, 3.05) is 26.0 Å². The van der Waals surface area contributed by atoms with Crippen LogP contribution in [0, 0.1) is 0 Å². The molecule has 0 aliphatic carbocycles. The van der Waals surface area contributed by atoms with Crippen molar-refractivity contribution in [3.05, 3.63) is 0 Å². The van der Waals surface area contributed by atoms with Crippen molar-refractivity contribution >= 4 is 9.84 Å². The molecule has 0 aromatic heterocycles. The zero-order valence-electron chi connectivity index (χ0n) is 8.82. The Morgan fingerprint density at radius 3 is 2.29 bits per heavy atom. The van der Waals surface area contributed by atoms with E-state index in [4.69, 9.17) is 10.2 Å². The number of rotatable bonds is 6. The van der Waals surface area contributed by atoms with Crippen LogP contribution in [-0.4, -0.2) is 55.4 Å². The average molecular weight is 225 g/mol. The monoisotopic (exact) mass is 225 g/mol. The van der Waals surface area contributed by atoms with Gasteiger partial charge in [-0.1, -0.05) is 0 Å². The molecule has 0 radical (unpaired) electrons. The highest BCUT2D eigenvalue weighted by atomic mass is 32.2. The lowest BCUT2D eigenvalue weighted by atomic mass is 10.2. The number of aliphatic hydroxyl groups is 2. The normalized spacial score (nSPS) is 15.5. The number of nitrogens with one attached hydrogen (secondary N) is 1. The topological polar surface area (TPSA) is 86.6 Å². The maximum atomic E-state index is 11.2. The van der Waals surface area contributed by atoms with E-state index in [1.165, 1.54) is 6.26 Å². The lowest BCUT2D eigenvalue weighted by Crippen LogP contribution is -2.44. The summed E-state index contributed by atoms with van der Waals surface area (Å²) < 4.78 is 21.6. The molecule has 0 saturated carbocycles. The molecule has 0 bridgehead atoms. The van der Waals surface area contributed by atoms with Crippen LogP contribution in [0.2, 0.25) is 0 Å². The fourth-order valence-electron chi connectivity index (χ4n) is 0.735. The van der Waals surface area contributed by atoms with E-state index in [-0.39, 0.29) is 19.7 Å². The molecule has 0 aliphatic heterocycles. The summed E-state index contributed by atoms with van der Waals surface area (Å²) in [5.74, 6) is 0. The van der Waals surface area contributed by atoms with E-state index in [2.05, 4.69) is 5.32 Å². The summed E-state index contributed by atoms with van der Waals surface area (Å²) in [7, 11) is -3.11. The van der Waals surface area contributed by atoms with Crippen molar-refractivity contribution in [3.63, 3.8) is 0 Å². The Kier molecular flexibility index (Phi) is 5.00. The first-order valence-electron chi connectivity index (χ1n) is 4.40. The van der Waals surface area contributed by atoms with Gasteiger partial charge >= 0.3 is 0 Å². The standard InChI is InChI=1S/C8H19NO4S/c1-8(2,14(3,12)13)6-9-4-7(11)5-10/h7,9-11H,4-6H2,1-3H3. The molecule has 0 aromatic rings. The van der Waals surface area contributed by atoms with Crippen molar-refractivity contribution in [2.45, 2.75) is 24.7 Å². The van der Waals surface area contributed by atoms with Gasteiger partial charge in [0.15, 0.2) is 9.84 Å². The van der Waals surface area contributed by atoms with Crippen molar-refractivity contribution < 1.29 is 18.6 Å². The number of sulfone groups is 1. The van der Waals surface area contributed by atoms with Crippen LogP contribution in [0.25, 0.3) is 0 Å². The minimum atomic E-state index is -3.11. The molecule has 0 saturated heterocycles. The van der Waals surface area contributed by atoms with E-state index in [0.717, 1.165) is 0 Å². The second-order valence-electron chi connectivity index (χ2n) is 4.00. The van der Waals surface area contributed by atoms with E-state index in [1.807, 2.05) is 0 Å². The molecule has 0 rings (SSSR count). The first kappa shape index (κ1) is 13.8. The van der Waals surface area contributed by atoms with E-state index in [9.17, 15) is 8.42 Å². The van der Waals surface area contributed by atoms with Gasteiger partial charge in [-0.25, -0.2) is 8.42 Å². The molecule has 0 aliphatic rings. The smallest absolute Gasteiger partial charge is 0.153 e. The molecular formula is C8H19NO4S. The zero-order valence-corrected chi connectivity index (χ0v) is 9.63. The highest BCUT2D eigenvalue weighted by Gasteiger charge is 2.29. The first-order chi connectivity index (χ1) is 6.20. The van der Waals surface area contributed by atoms with Gasteiger partial charge in [0.2, 0.25) is 0 Å². The minimum Gasteiger partial charge on any atom is -0.394 e. The van der Waals surface area contributed by atoms with Crippen LogP contribution in [-0.2, 0) is 9.84 Å². The Labute approximate surface area is 85.1 Å². The largest absolute Gasteiger partial charge is 0.394 e. The number of hydrogen-bond donors (Lipinski definition) is 3. The Morgan fingerprint density at radius 2 is 1.93 bits per heavy atom. The maximum Gasteiger partial charge on any atom is 0.153 e. The molecule has 0 spiro atoms. The summed E-state index contributed by atoms with van der Waals surface area (Å²) in [4.78, 5) is 0. The summed E-state index contributed by atoms with van der Waals surface area (Å²) in [6.07, 6.45) is 0.335. The molecule has 14 heavy (non-hydrogen) atoms. The van der Waals surface area contributed by atoms with Gasteiger partial charge in [-0.3, -0.25) is 0 Å². The van der Waals surface area contributed by atoms with E-state index >= 15 is 0 Å². The second kappa shape index (κ2) is 5.06. The third kappa shape index (κ3) is 4.36. The third-order valence-electron chi connectivity index (χ3n) is 2.15. The fourth-order valence-corrected chi connectivity index (χ4v) is 1.10. The van der Waals surface area contributed by atoms with Crippen LogP contribution in [0.3, 0.4) is 0 Å². The highest BCUT2D eigenvalue weighted by molar-refractivity contribution is 7.92. The molecule has 1 unspecified atom stereocenters. The van der Waals surface area contributed by atoms with Gasteiger partial charge in [-0.15, -0.1) is 0 Å². The average Bonchev–Trinajstić information content (AvgIpc) is 2.01. The number of aliphatic hydroxyl groups excluding tert-OH is 2. The van der Waals surface area contributed by atoms with E-state index in [0.29, 0.717) is 0 Å². The predicted octanol–water partition coefficient (Wildman–Crippen LogP) is -1.25. The molecule has 0 fully saturated rings. The molecule has 0 aromatic carbocycles. The van der Waals surface area contributed by atoms with Gasteiger partial charge < -0.3 is 15.5 Å². The summed E-state index contributed by atoms with van der Waals surface area (Å²) in [6, 6.07) is 0. The Hall–Kier alpha value is -0.170. The molecule has 6 heteroatoms. The van der Waals surface area contributed by atoms with Crippen LogP contribution >= 0.6 is 0 Å². The minimum absolute atomic E-state index is 0.190. The molecule has 0 heterocycles. The van der Waals surface area contributed by atoms with Gasteiger partial charge in [-0.05, 0) is 13.8 Å². The summed E-state index contributed by atoms with van der Waals surface area (Å²) in [6.45, 7) is 3.34. The van der Waals surface area contributed by atoms with Crippen molar-refractivity contribution in [1.29, 1.82) is 0 Å². The van der Waals surface area contributed by atoms with Crippen LogP contribution in [0.4, 0.5) is 0 Å². The summed E-state index contributed by atoms with van der Waals surface area (Å²) >= 11 is 0. The highest BCUT2D eigenvalue weighted by Crippen LogP contribution is 2.13. The predicted molar refractivity (Wildman–Crippen MR) is 54.9 cm³/mol. The molecule has 86 valence electrons. The van der Waals surface area contributed by atoms with Gasteiger partial charge in [0, 0.05) is 19.3 Å². The summed E-state index contributed by atoms with van der Waals surface area (Å²) in [5, 5.41) is 20.3. The lowest BCUT2D eigenvalue weighted by Gasteiger charge is -2.23. The fraction of sp³-hybridized carbons (Fsp3) is 1.00. The Balaban J connectivity index is 4.02. The van der Waals surface area contributed by atoms with E-state index < -0.39 is 20.7 Å². The molecule has 5 nitrogen and oxygen atoms in total. The molecule has 1 atom stereocenters. The third-order valence-corrected chi connectivity index (χ3v) is 4.30. The summed E-state index contributed by atoms with van der Waals surface area (Å²) in [5.41, 5.74) is 0. The first-order valence-corrected chi connectivity index (χ1v) is 6.29. The van der Waals surface area contributed by atoms with Crippen molar-refractivity contribution in [2.24, 2.45) is 0 Å². The quantitative estimate of drug-likeness (QED) is 0.526. The van der Waals surface area contributed by atoms with Crippen LogP contribution in [0.15, 0.2) is 0 Å². The van der Waals surface area contributed by atoms with Gasteiger partial charge in [0.05, 0.1) is 17.5 Å². The SMILES string of the molecule is CC(C)(CNCC(O)CO)S(C)(=O)=O.